The maximum Gasteiger partial charge on any atom is 0.0470 e. The van der Waals surface area contributed by atoms with Gasteiger partial charge in [0.05, 0.1) is 0 Å². The summed E-state index contributed by atoms with van der Waals surface area (Å²) in [6.07, 6.45) is 5.27. The first-order valence-electron chi connectivity index (χ1n) is 8.56. The number of rotatable bonds is 5. The zero-order chi connectivity index (χ0) is 15.5. The minimum Gasteiger partial charge on any atom is -0.329 e. The Hall–Kier alpha value is -0.860. The van der Waals surface area contributed by atoms with Crippen molar-refractivity contribution in [2.75, 3.05) is 19.6 Å². The Kier molecular flexibility index (Phi) is 5.45. The van der Waals surface area contributed by atoms with Crippen molar-refractivity contribution in [2.45, 2.75) is 59.4 Å². The second-order valence-corrected chi connectivity index (χ2v) is 6.84. The second-order valence-electron chi connectivity index (χ2n) is 6.84. The largest absolute Gasteiger partial charge is 0.329 e. The third kappa shape index (κ3) is 3.49. The predicted molar refractivity (Wildman–Crippen MR) is 91.5 cm³/mol. The third-order valence-electron chi connectivity index (χ3n) is 5.94. The van der Waals surface area contributed by atoms with Crippen LogP contribution in [0, 0.1) is 19.3 Å². The van der Waals surface area contributed by atoms with Gasteiger partial charge in [-0.05, 0) is 61.9 Å². The van der Waals surface area contributed by atoms with Crippen molar-refractivity contribution in [1.29, 1.82) is 0 Å². The van der Waals surface area contributed by atoms with Crippen molar-refractivity contribution in [3.05, 3.63) is 34.9 Å². The molecule has 0 aromatic heterocycles. The number of aryl methyl sites for hydroxylation is 2. The quantitative estimate of drug-likeness (QED) is 0.879. The zero-order valence-electron chi connectivity index (χ0n) is 14.3. The van der Waals surface area contributed by atoms with Crippen molar-refractivity contribution >= 4 is 0 Å². The number of hydrogen-bond donors (Lipinski definition) is 1. The molecular formula is C19H32N2. The number of nitrogens with two attached hydrogens (primary N) is 1. The van der Waals surface area contributed by atoms with Gasteiger partial charge in [0.15, 0.2) is 0 Å². The van der Waals surface area contributed by atoms with Crippen molar-refractivity contribution in [3.63, 3.8) is 0 Å². The van der Waals surface area contributed by atoms with Gasteiger partial charge < -0.3 is 5.73 Å². The summed E-state index contributed by atoms with van der Waals surface area (Å²) in [4.78, 5) is 2.60. The third-order valence-corrected chi connectivity index (χ3v) is 5.94. The summed E-state index contributed by atoms with van der Waals surface area (Å²) in [5, 5.41) is 0. The molecule has 2 heteroatoms. The van der Waals surface area contributed by atoms with Gasteiger partial charge in [0.2, 0.25) is 0 Å². The zero-order valence-corrected chi connectivity index (χ0v) is 14.3. The molecule has 0 aliphatic carbocycles. The molecule has 1 aliphatic rings. The summed E-state index contributed by atoms with van der Waals surface area (Å²) in [6, 6.07) is 7.21. The number of piperidine rings is 1. The van der Waals surface area contributed by atoms with E-state index in [0.29, 0.717) is 18.0 Å². The Labute approximate surface area is 130 Å². The maximum absolute atomic E-state index is 6.11. The average Bonchev–Trinajstić information content (AvgIpc) is 2.52. The van der Waals surface area contributed by atoms with Crippen LogP contribution in [0.3, 0.4) is 0 Å². The van der Waals surface area contributed by atoms with Crippen LogP contribution in [0.1, 0.15) is 62.3 Å². The van der Waals surface area contributed by atoms with Crippen LogP contribution in [-0.2, 0) is 0 Å². The lowest BCUT2D eigenvalue weighted by Gasteiger charge is -2.44. The lowest BCUT2D eigenvalue weighted by atomic mass is 9.74. The number of nitrogens with zero attached hydrogens (tertiary/aromatic N) is 1. The van der Waals surface area contributed by atoms with E-state index in [1.165, 1.54) is 55.5 Å². The van der Waals surface area contributed by atoms with Crippen molar-refractivity contribution < 1.29 is 0 Å². The van der Waals surface area contributed by atoms with E-state index in [4.69, 9.17) is 5.73 Å². The fourth-order valence-electron chi connectivity index (χ4n) is 3.73. The molecule has 2 rings (SSSR count). The van der Waals surface area contributed by atoms with Gasteiger partial charge in [0, 0.05) is 12.6 Å². The lowest BCUT2D eigenvalue weighted by molar-refractivity contribution is 0.0679. The van der Waals surface area contributed by atoms with Crippen LogP contribution in [0.2, 0.25) is 0 Å². The van der Waals surface area contributed by atoms with Gasteiger partial charge in [-0.3, -0.25) is 4.90 Å². The first kappa shape index (κ1) is 16.5. The Bertz CT molecular complexity index is 453. The smallest absolute Gasteiger partial charge is 0.0470 e. The van der Waals surface area contributed by atoms with Crippen LogP contribution in [0.25, 0.3) is 0 Å². The van der Waals surface area contributed by atoms with Gasteiger partial charge in [-0.1, -0.05) is 44.9 Å². The van der Waals surface area contributed by atoms with E-state index in [1.54, 1.807) is 0 Å². The predicted octanol–water partition coefficient (Wildman–Crippen LogP) is 4.21. The topological polar surface area (TPSA) is 29.3 Å². The molecule has 0 saturated carbocycles. The van der Waals surface area contributed by atoms with E-state index in [2.05, 4.69) is 50.8 Å². The van der Waals surface area contributed by atoms with E-state index in [1.807, 2.05) is 0 Å². The fourth-order valence-corrected chi connectivity index (χ4v) is 3.73. The second kappa shape index (κ2) is 6.93. The highest BCUT2D eigenvalue weighted by molar-refractivity contribution is 5.32. The highest BCUT2D eigenvalue weighted by Gasteiger charge is 2.33. The van der Waals surface area contributed by atoms with E-state index in [0.717, 1.165) is 0 Å². The molecule has 1 aliphatic heterocycles. The normalized spacial score (nSPS) is 20.4. The fraction of sp³-hybridized carbons (Fsp3) is 0.684. The molecule has 1 aromatic carbocycles. The molecule has 1 heterocycles. The van der Waals surface area contributed by atoms with Crippen LogP contribution in [0.5, 0.6) is 0 Å². The SMILES string of the molecule is CCC1(CC)CCN(C(CN)c2ccc(C)c(C)c2)CC1. The minimum absolute atomic E-state index is 0.385. The summed E-state index contributed by atoms with van der Waals surface area (Å²) in [5.41, 5.74) is 10.8. The Morgan fingerprint density at radius 3 is 2.19 bits per heavy atom. The van der Waals surface area contributed by atoms with Crippen LogP contribution >= 0.6 is 0 Å². The van der Waals surface area contributed by atoms with E-state index >= 15 is 0 Å². The van der Waals surface area contributed by atoms with Crippen molar-refractivity contribution in [2.24, 2.45) is 11.1 Å². The highest BCUT2D eigenvalue weighted by atomic mass is 15.2. The molecule has 0 radical (unpaired) electrons. The molecular weight excluding hydrogens is 256 g/mol. The number of hydrogen-bond acceptors (Lipinski definition) is 2. The maximum atomic E-state index is 6.11. The highest BCUT2D eigenvalue weighted by Crippen LogP contribution is 2.40. The molecule has 1 fully saturated rings. The first-order valence-corrected chi connectivity index (χ1v) is 8.56. The molecule has 0 bridgehead atoms. The van der Waals surface area contributed by atoms with Crippen LogP contribution in [0.15, 0.2) is 18.2 Å². The molecule has 2 nitrogen and oxygen atoms in total. The Balaban J connectivity index is 2.11. The van der Waals surface area contributed by atoms with Gasteiger partial charge in [-0.25, -0.2) is 0 Å². The van der Waals surface area contributed by atoms with Gasteiger partial charge in [-0.2, -0.15) is 0 Å². The van der Waals surface area contributed by atoms with Crippen molar-refractivity contribution in [3.8, 4) is 0 Å². The molecule has 2 N–H and O–H groups in total. The molecule has 1 atom stereocenters. The summed E-state index contributed by atoms with van der Waals surface area (Å²) < 4.78 is 0. The van der Waals surface area contributed by atoms with Crippen LogP contribution in [0.4, 0.5) is 0 Å². The summed E-state index contributed by atoms with van der Waals surface area (Å²) >= 11 is 0. The molecule has 0 amide bonds. The Morgan fingerprint density at radius 2 is 1.71 bits per heavy atom. The lowest BCUT2D eigenvalue weighted by Crippen LogP contribution is -2.43. The van der Waals surface area contributed by atoms with E-state index in [9.17, 15) is 0 Å². The molecule has 21 heavy (non-hydrogen) atoms. The molecule has 0 spiro atoms. The van der Waals surface area contributed by atoms with Gasteiger partial charge in [0.25, 0.3) is 0 Å². The summed E-state index contributed by atoms with van der Waals surface area (Å²) in [6.45, 7) is 12.2. The standard InChI is InChI=1S/C19H32N2/c1-5-19(6-2)9-11-21(12-10-19)18(14-20)17-8-7-15(3)16(4)13-17/h7-8,13,18H,5-6,9-12,14,20H2,1-4H3. The number of likely N-dealkylation sites (tertiary alicyclic amines) is 1. The van der Waals surface area contributed by atoms with E-state index in [-0.39, 0.29) is 0 Å². The molecule has 1 saturated heterocycles. The molecule has 1 unspecified atom stereocenters. The monoisotopic (exact) mass is 288 g/mol. The molecule has 118 valence electrons. The Morgan fingerprint density at radius 1 is 1.10 bits per heavy atom. The number of benzene rings is 1. The van der Waals surface area contributed by atoms with Crippen LogP contribution in [-0.4, -0.2) is 24.5 Å². The first-order chi connectivity index (χ1) is 10.0. The van der Waals surface area contributed by atoms with Gasteiger partial charge >= 0.3 is 0 Å². The van der Waals surface area contributed by atoms with Gasteiger partial charge in [-0.15, -0.1) is 0 Å². The van der Waals surface area contributed by atoms with Crippen LogP contribution < -0.4 is 5.73 Å². The summed E-state index contributed by atoms with van der Waals surface area (Å²) in [7, 11) is 0. The minimum atomic E-state index is 0.385. The average molecular weight is 288 g/mol. The van der Waals surface area contributed by atoms with Crippen molar-refractivity contribution in [1.82, 2.24) is 4.90 Å². The van der Waals surface area contributed by atoms with Gasteiger partial charge in [0.1, 0.15) is 0 Å². The summed E-state index contributed by atoms with van der Waals surface area (Å²) in [5.74, 6) is 0. The molecule has 1 aromatic rings. The van der Waals surface area contributed by atoms with E-state index < -0.39 is 0 Å².